The molecule has 0 bridgehead atoms. The van der Waals surface area contributed by atoms with E-state index >= 15 is 0 Å². The van der Waals surface area contributed by atoms with Gasteiger partial charge in [0.05, 0.1) is 19.1 Å². The van der Waals surface area contributed by atoms with E-state index in [1.165, 1.54) is 0 Å². The van der Waals surface area contributed by atoms with Gasteiger partial charge in [-0.2, -0.15) is 0 Å². The fourth-order valence-electron chi connectivity index (χ4n) is 2.96. The number of nitrogens with zero attached hydrogens (tertiary/aromatic N) is 1. The standard InChI is InChI=1S/C19H27NO5/c1-13(2)8-9-25-16-6-4-14(5-7-16)19(23)20-12-17(24-3)10-15(20)11-18(21)22/h4-7,13,15,17H,8-12H2,1-3H3,(H,21,22). The zero-order valence-corrected chi connectivity index (χ0v) is 15.1. The van der Waals surface area contributed by atoms with Crippen molar-refractivity contribution in [1.82, 2.24) is 4.90 Å². The zero-order valence-electron chi connectivity index (χ0n) is 15.1. The molecule has 25 heavy (non-hydrogen) atoms. The highest BCUT2D eigenvalue weighted by molar-refractivity contribution is 5.95. The Hall–Kier alpha value is -2.08. The summed E-state index contributed by atoms with van der Waals surface area (Å²) >= 11 is 0. The monoisotopic (exact) mass is 349 g/mol. The summed E-state index contributed by atoms with van der Waals surface area (Å²) in [7, 11) is 1.58. The molecular weight excluding hydrogens is 322 g/mol. The van der Waals surface area contributed by atoms with Gasteiger partial charge in [0, 0.05) is 25.3 Å². The molecule has 0 spiro atoms. The SMILES string of the molecule is COC1CC(CC(=O)O)N(C(=O)c2ccc(OCCC(C)C)cc2)C1. The third-order valence-electron chi connectivity index (χ3n) is 4.45. The number of carboxylic acid groups (broad SMARTS) is 1. The van der Waals surface area contributed by atoms with Crippen molar-refractivity contribution in [1.29, 1.82) is 0 Å². The molecule has 0 radical (unpaired) electrons. The summed E-state index contributed by atoms with van der Waals surface area (Å²) in [4.78, 5) is 25.4. The average Bonchev–Trinajstić information content (AvgIpc) is 2.96. The molecule has 1 aromatic carbocycles. The smallest absolute Gasteiger partial charge is 0.305 e. The van der Waals surface area contributed by atoms with E-state index in [-0.39, 0.29) is 24.5 Å². The van der Waals surface area contributed by atoms with E-state index in [9.17, 15) is 9.59 Å². The third kappa shape index (κ3) is 5.46. The Morgan fingerprint density at radius 2 is 1.96 bits per heavy atom. The van der Waals surface area contributed by atoms with Crippen molar-refractivity contribution in [3.63, 3.8) is 0 Å². The molecule has 0 aromatic heterocycles. The van der Waals surface area contributed by atoms with Gasteiger partial charge >= 0.3 is 5.97 Å². The fraction of sp³-hybridized carbons (Fsp3) is 0.579. The highest BCUT2D eigenvalue weighted by Crippen LogP contribution is 2.25. The first-order valence-corrected chi connectivity index (χ1v) is 8.69. The van der Waals surface area contributed by atoms with Crippen LogP contribution in [-0.2, 0) is 9.53 Å². The highest BCUT2D eigenvalue weighted by Gasteiger charge is 2.36. The number of aliphatic carboxylic acids is 1. The van der Waals surface area contributed by atoms with Crippen LogP contribution in [0.5, 0.6) is 5.75 Å². The first-order chi connectivity index (χ1) is 11.9. The summed E-state index contributed by atoms with van der Waals surface area (Å²) in [5.74, 6) is 0.236. The van der Waals surface area contributed by atoms with Crippen molar-refractivity contribution in [2.45, 2.75) is 45.3 Å². The first kappa shape index (κ1) is 19.2. The van der Waals surface area contributed by atoms with Crippen LogP contribution in [0.15, 0.2) is 24.3 Å². The minimum absolute atomic E-state index is 0.0675. The second kappa shape index (κ2) is 8.85. The van der Waals surface area contributed by atoms with Gasteiger partial charge in [-0.3, -0.25) is 9.59 Å². The van der Waals surface area contributed by atoms with E-state index in [1.807, 2.05) is 0 Å². The third-order valence-corrected chi connectivity index (χ3v) is 4.45. The van der Waals surface area contributed by atoms with Crippen LogP contribution < -0.4 is 4.74 Å². The summed E-state index contributed by atoms with van der Waals surface area (Å²) in [6.07, 6.45) is 1.34. The maximum atomic E-state index is 12.8. The lowest BCUT2D eigenvalue weighted by atomic mass is 10.1. The van der Waals surface area contributed by atoms with Crippen LogP contribution in [0.4, 0.5) is 0 Å². The molecule has 6 heteroatoms. The van der Waals surface area contributed by atoms with Gasteiger partial charge in [0.2, 0.25) is 0 Å². The van der Waals surface area contributed by atoms with Crippen molar-refractivity contribution < 1.29 is 24.2 Å². The van der Waals surface area contributed by atoms with Crippen molar-refractivity contribution in [3.8, 4) is 5.75 Å². The number of benzene rings is 1. The first-order valence-electron chi connectivity index (χ1n) is 8.69. The Labute approximate surface area is 148 Å². The molecule has 2 unspecified atom stereocenters. The van der Waals surface area contributed by atoms with Gasteiger partial charge in [-0.1, -0.05) is 13.8 Å². The fourth-order valence-corrected chi connectivity index (χ4v) is 2.96. The molecule has 138 valence electrons. The lowest BCUT2D eigenvalue weighted by Gasteiger charge is -2.23. The molecule has 1 saturated heterocycles. The van der Waals surface area contributed by atoms with Gasteiger partial charge in [-0.25, -0.2) is 0 Å². The summed E-state index contributed by atoms with van der Waals surface area (Å²) in [6.45, 7) is 5.34. The molecule has 2 atom stereocenters. The van der Waals surface area contributed by atoms with Crippen molar-refractivity contribution in [2.24, 2.45) is 5.92 Å². The van der Waals surface area contributed by atoms with E-state index in [1.54, 1.807) is 36.3 Å². The molecular formula is C19H27NO5. The van der Waals surface area contributed by atoms with E-state index in [0.717, 1.165) is 12.2 Å². The molecule has 1 heterocycles. The lowest BCUT2D eigenvalue weighted by molar-refractivity contribution is -0.137. The van der Waals surface area contributed by atoms with Crippen LogP contribution in [-0.4, -0.2) is 54.3 Å². The van der Waals surface area contributed by atoms with Gasteiger partial charge in [0.25, 0.3) is 5.91 Å². The number of methoxy groups -OCH3 is 1. The minimum atomic E-state index is -0.909. The largest absolute Gasteiger partial charge is 0.494 e. The lowest BCUT2D eigenvalue weighted by Crippen LogP contribution is -2.37. The maximum absolute atomic E-state index is 12.8. The van der Waals surface area contributed by atoms with E-state index in [4.69, 9.17) is 14.6 Å². The number of carboxylic acids is 1. The normalized spacial score (nSPS) is 20.1. The van der Waals surface area contributed by atoms with Crippen molar-refractivity contribution in [3.05, 3.63) is 29.8 Å². The second-order valence-electron chi connectivity index (χ2n) is 6.86. The van der Waals surface area contributed by atoms with Crippen molar-refractivity contribution >= 4 is 11.9 Å². The van der Waals surface area contributed by atoms with Crippen LogP contribution in [0.3, 0.4) is 0 Å². The van der Waals surface area contributed by atoms with Gasteiger partial charge in [-0.15, -0.1) is 0 Å². The number of carbonyl (C=O) groups is 2. The van der Waals surface area contributed by atoms with Gasteiger partial charge in [0.1, 0.15) is 5.75 Å². The van der Waals surface area contributed by atoms with Crippen LogP contribution in [0.25, 0.3) is 0 Å². The van der Waals surface area contributed by atoms with Crippen LogP contribution in [0, 0.1) is 5.92 Å². The van der Waals surface area contributed by atoms with Gasteiger partial charge < -0.3 is 19.5 Å². The zero-order chi connectivity index (χ0) is 18.4. The molecule has 0 aliphatic carbocycles. The quantitative estimate of drug-likeness (QED) is 0.781. The average molecular weight is 349 g/mol. The Balaban J connectivity index is 2.01. The Morgan fingerprint density at radius 1 is 1.28 bits per heavy atom. The number of likely N-dealkylation sites (tertiary alicyclic amines) is 1. The summed E-state index contributed by atoms with van der Waals surface area (Å²) in [6, 6.07) is 6.68. The van der Waals surface area contributed by atoms with Gasteiger partial charge in [-0.05, 0) is 43.0 Å². The Bertz CT molecular complexity index is 584. The summed E-state index contributed by atoms with van der Waals surface area (Å²) in [5, 5.41) is 9.07. The van der Waals surface area contributed by atoms with Crippen LogP contribution in [0.1, 0.15) is 43.5 Å². The number of hydrogen-bond donors (Lipinski definition) is 1. The number of carbonyl (C=O) groups excluding carboxylic acids is 1. The van der Waals surface area contributed by atoms with Crippen LogP contribution in [0.2, 0.25) is 0 Å². The van der Waals surface area contributed by atoms with E-state index < -0.39 is 5.97 Å². The highest BCUT2D eigenvalue weighted by atomic mass is 16.5. The van der Waals surface area contributed by atoms with Crippen molar-refractivity contribution in [2.75, 3.05) is 20.3 Å². The molecule has 1 aliphatic rings. The molecule has 1 N–H and O–H groups in total. The van der Waals surface area contributed by atoms with Crippen LogP contribution >= 0.6 is 0 Å². The predicted molar refractivity (Wildman–Crippen MR) is 93.9 cm³/mol. The number of amides is 1. The molecule has 2 rings (SSSR count). The number of rotatable bonds is 8. The summed E-state index contributed by atoms with van der Waals surface area (Å²) < 4.78 is 11.0. The molecule has 6 nitrogen and oxygen atoms in total. The topological polar surface area (TPSA) is 76.1 Å². The number of hydrogen-bond acceptors (Lipinski definition) is 4. The molecule has 1 amide bonds. The number of ether oxygens (including phenoxy) is 2. The Morgan fingerprint density at radius 3 is 2.52 bits per heavy atom. The maximum Gasteiger partial charge on any atom is 0.305 e. The molecule has 0 saturated carbocycles. The predicted octanol–water partition coefficient (Wildman–Crippen LogP) is 2.82. The van der Waals surface area contributed by atoms with Gasteiger partial charge in [0.15, 0.2) is 0 Å². The summed E-state index contributed by atoms with van der Waals surface area (Å²) in [5.41, 5.74) is 0.531. The molecule has 1 aliphatic heterocycles. The van der Waals surface area contributed by atoms with E-state index in [0.29, 0.717) is 31.1 Å². The van der Waals surface area contributed by atoms with E-state index in [2.05, 4.69) is 13.8 Å². The Kier molecular flexibility index (Phi) is 6.82. The molecule has 1 fully saturated rings. The second-order valence-corrected chi connectivity index (χ2v) is 6.86. The minimum Gasteiger partial charge on any atom is -0.494 e. The molecule has 1 aromatic rings.